The Balaban J connectivity index is 0.00000144. The van der Waals surface area contributed by atoms with Crippen molar-refractivity contribution in [1.82, 2.24) is 0 Å². The van der Waals surface area contributed by atoms with E-state index in [0.29, 0.717) is 5.56 Å². The van der Waals surface area contributed by atoms with Crippen LogP contribution in [0.15, 0.2) is 12.1 Å². The molecule has 0 saturated carbocycles. The molecular weight excluding hydrogens is 217 g/mol. The molecule has 0 aliphatic rings. The molecule has 3 heteroatoms. The molecule has 0 fully saturated rings. The van der Waals surface area contributed by atoms with Crippen LogP contribution < -0.4 is 0 Å². The third-order valence-electron chi connectivity index (χ3n) is 2.29. The number of aromatic carboxylic acids is 1. The van der Waals surface area contributed by atoms with Crippen LogP contribution in [0, 0.1) is 20.8 Å². The summed E-state index contributed by atoms with van der Waals surface area (Å²) in [6.07, 6.45) is 0. The molecule has 0 radical (unpaired) electrons. The van der Waals surface area contributed by atoms with Gasteiger partial charge < -0.3 is 5.11 Å². The quantitative estimate of drug-likeness (QED) is 0.751. The third-order valence-corrected chi connectivity index (χ3v) is 2.29. The van der Waals surface area contributed by atoms with Gasteiger partial charge in [-0.15, -0.1) is 0 Å². The molecule has 1 aromatic carbocycles. The predicted molar refractivity (Wildman–Crippen MR) is 47.6 cm³/mol. The Morgan fingerprint density at radius 1 is 1.15 bits per heavy atom. The molecule has 0 aliphatic carbocycles. The molecule has 1 rings (SSSR count). The van der Waals surface area contributed by atoms with E-state index in [9.17, 15) is 4.79 Å². The summed E-state index contributed by atoms with van der Waals surface area (Å²) in [4.78, 5) is 10.7. The minimum absolute atomic E-state index is 0. The average molecular weight is 230 g/mol. The van der Waals surface area contributed by atoms with Gasteiger partial charge in [0.05, 0.1) is 5.56 Å². The molecule has 1 N–H and O–H groups in total. The number of hydrogen-bond acceptors (Lipinski definition) is 1. The van der Waals surface area contributed by atoms with E-state index in [1.54, 1.807) is 6.07 Å². The molecule has 66 valence electrons. The summed E-state index contributed by atoms with van der Waals surface area (Å²) >= 11 is 0. The van der Waals surface area contributed by atoms with Gasteiger partial charge in [0.15, 0.2) is 0 Å². The third kappa shape index (κ3) is 2.38. The van der Waals surface area contributed by atoms with Crippen molar-refractivity contribution >= 4 is 5.97 Å². The molecule has 0 atom stereocenters. The summed E-state index contributed by atoms with van der Waals surface area (Å²) in [7, 11) is 0. The van der Waals surface area contributed by atoms with Gasteiger partial charge in [-0.3, -0.25) is 0 Å². The van der Waals surface area contributed by atoms with Gasteiger partial charge >= 0.3 is 5.97 Å². The number of carbonyl (C=O) groups is 1. The van der Waals surface area contributed by atoms with Crippen molar-refractivity contribution in [3.05, 3.63) is 34.4 Å². The van der Waals surface area contributed by atoms with Crippen LogP contribution in [0.2, 0.25) is 0 Å². The molecular formula is C10H12O2Zn. The maximum Gasteiger partial charge on any atom is 0.335 e. The van der Waals surface area contributed by atoms with E-state index in [-0.39, 0.29) is 19.5 Å². The zero-order valence-electron chi connectivity index (χ0n) is 8.22. The van der Waals surface area contributed by atoms with E-state index in [2.05, 4.69) is 0 Å². The van der Waals surface area contributed by atoms with Gasteiger partial charge in [0, 0.05) is 19.5 Å². The first-order valence-corrected chi connectivity index (χ1v) is 3.84. The van der Waals surface area contributed by atoms with Crippen LogP contribution in [0.5, 0.6) is 0 Å². The van der Waals surface area contributed by atoms with Gasteiger partial charge in [0.2, 0.25) is 0 Å². The van der Waals surface area contributed by atoms with E-state index >= 15 is 0 Å². The van der Waals surface area contributed by atoms with E-state index in [1.165, 1.54) is 0 Å². The molecule has 0 aromatic heterocycles. The van der Waals surface area contributed by atoms with Gasteiger partial charge in [0.25, 0.3) is 0 Å². The van der Waals surface area contributed by atoms with Crippen molar-refractivity contribution in [3.63, 3.8) is 0 Å². The zero-order chi connectivity index (χ0) is 9.30. The summed E-state index contributed by atoms with van der Waals surface area (Å²) in [5, 5.41) is 8.78. The number of rotatable bonds is 1. The standard InChI is InChI=1S/C10H12O2.Zn/c1-6-4-5-9(10(11)12)8(3)7(6)2;/h4-5H,1-3H3,(H,11,12);. The summed E-state index contributed by atoms with van der Waals surface area (Å²) in [5.74, 6) is -0.851. The van der Waals surface area contributed by atoms with Crippen LogP contribution in [0.4, 0.5) is 0 Å². The van der Waals surface area contributed by atoms with Gasteiger partial charge in [-0.05, 0) is 43.5 Å². The number of aryl methyl sites for hydroxylation is 1. The molecule has 0 aliphatic heterocycles. The van der Waals surface area contributed by atoms with E-state index in [4.69, 9.17) is 5.11 Å². The zero-order valence-corrected chi connectivity index (χ0v) is 11.2. The minimum atomic E-state index is -0.851. The van der Waals surface area contributed by atoms with Gasteiger partial charge in [-0.1, -0.05) is 6.07 Å². The molecule has 13 heavy (non-hydrogen) atoms. The molecule has 2 nitrogen and oxygen atoms in total. The van der Waals surface area contributed by atoms with Crippen LogP contribution in [0.1, 0.15) is 27.0 Å². The first kappa shape index (κ1) is 12.3. The van der Waals surface area contributed by atoms with Crippen LogP contribution in [-0.4, -0.2) is 11.1 Å². The van der Waals surface area contributed by atoms with Gasteiger partial charge in [0.1, 0.15) is 0 Å². The maximum absolute atomic E-state index is 10.7. The smallest absolute Gasteiger partial charge is 0.335 e. The van der Waals surface area contributed by atoms with Crippen LogP contribution >= 0.6 is 0 Å². The fraction of sp³-hybridized carbons (Fsp3) is 0.300. The molecule has 0 amide bonds. The first-order chi connectivity index (χ1) is 5.54. The Kier molecular flexibility index (Phi) is 4.28. The van der Waals surface area contributed by atoms with Crippen molar-refractivity contribution in [2.75, 3.05) is 0 Å². The first-order valence-electron chi connectivity index (χ1n) is 3.84. The molecule has 0 heterocycles. The largest absolute Gasteiger partial charge is 0.478 e. The maximum atomic E-state index is 10.7. The summed E-state index contributed by atoms with van der Waals surface area (Å²) in [6, 6.07) is 3.49. The van der Waals surface area contributed by atoms with Crippen LogP contribution in [0.25, 0.3) is 0 Å². The van der Waals surface area contributed by atoms with Crippen molar-refractivity contribution in [2.24, 2.45) is 0 Å². The van der Waals surface area contributed by atoms with Crippen molar-refractivity contribution in [2.45, 2.75) is 20.8 Å². The molecule has 1 aromatic rings. The molecule has 0 unspecified atom stereocenters. The topological polar surface area (TPSA) is 37.3 Å². The number of hydrogen-bond donors (Lipinski definition) is 1. The predicted octanol–water partition coefficient (Wildman–Crippen LogP) is 2.31. The SMILES string of the molecule is Cc1ccc(C(=O)O)c(C)c1C.[Zn]. The van der Waals surface area contributed by atoms with Gasteiger partial charge in [-0.2, -0.15) is 0 Å². The van der Waals surface area contributed by atoms with Crippen LogP contribution in [0.3, 0.4) is 0 Å². The monoisotopic (exact) mass is 228 g/mol. The Hall–Kier alpha value is -0.687. The second-order valence-corrected chi connectivity index (χ2v) is 2.99. The Morgan fingerprint density at radius 3 is 2.15 bits per heavy atom. The summed E-state index contributed by atoms with van der Waals surface area (Å²) in [6.45, 7) is 5.76. The van der Waals surface area contributed by atoms with E-state index in [0.717, 1.165) is 16.7 Å². The Labute approximate surface area is 90.7 Å². The fourth-order valence-electron chi connectivity index (χ4n) is 1.19. The number of carboxylic acid groups (broad SMARTS) is 1. The second-order valence-electron chi connectivity index (χ2n) is 2.99. The molecule has 0 saturated heterocycles. The molecule has 0 bridgehead atoms. The number of benzene rings is 1. The van der Waals surface area contributed by atoms with E-state index in [1.807, 2.05) is 26.8 Å². The second kappa shape index (κ2) is 4.52. The van der Waals surface area contributed by atoms with Crippen molar-refractivity contribution in [1.29, 1.82) is 0 Å². The van der Waals surface area contributed by atoms with Crippen molar-refractivity contribution in [3.8, 4) is 0 Å². The van der Waals surface area contributed by atoms with Crippen LogP contribution in [-0.2, 0) is 19.5 Å². The normalized spacial score (nSPS) is 9.15. The van der Waals surface area contributed by atoms with Crippen molar-refractivity contribution < 1.29 is 29.4 Å². The Bertz CT molecular complexity index is 332. The Morgan fingerprint density at radius 2 is 1.69 bits per heavy atom. The number of carboxylic acids is 1. The summed E-state index contributed by atoms with van der Waals surface area (Å²) in [5.41, 5.74) is 3.47. The molecule has 0 spiro atoms. The minimum Gasteiger partial charge on any atom is -0.478 e. The van der Waals surface area contributed by atoms with Gasteiger partial charge in [-0.25, -0.2) is 4.79 Å². The fourth-order valence-corrected chi connectivity index (χ4v) is 1.19. The van der Waals surface area contributed by atoms with E-state index < -0.39 is 5.97 Å². The average Bonchev–Trinajstić information content (AvgIpc) is 2.00. The summed E-state index contributed by atoms with van der Waals surface area (Å²) < 4.78 is 0.